The minimum Gasteiger partial charge on any atom is -0.481 e. The summed E-state index contributed by atoms with van der Waals surface area (Å²) >= 11 is 0. The summed E-state index contributed by atoms with van der Waals surface area (Å²) in [5.41, 5.74) is -0.899. The van der Waals surface area contributed by atoms with E-state index in [2.05, 4.69) is 5.32 Å². The van der Waals surface area contributed by atoms with Crippen LogP contribution < -0.4 is 5.32 Å². The van der Waals surface area contributed by atoms with Crippen LogP contribution in [0.25, 0.3) is 0 Å². The Morgan fingerprint density at radius 3 is 2.38 bits per heavy atom. The molecule has 11 nitrogen and oxygen atoms in total. The molecule has 2 atom stereocenters. The third-order valence-electron chi connectivity index (χ3n) is 4.41. The number of nitrogens with zero attached hydrogens (tertiary/aromatic N) is 1. The van der Waals surface area contributed by atoms with E-state index in [-0.39, 0.29) is 18.7 Å². The van der Waals surface area contributed by atoms with Crippen LogP contribution in [0.1, 0.15) is 32.3 Å². The summed E-state index contributed by atoms with van der Waals surface area (Å²) in [4.78, 5) is 56.3. The van der Waals surface area contributed by atoms with Crippen LogP contribution in [0.4, 0.5) is 10.5 Å². The molecule has 0 unspecified atom stereocenters. The molecule has 0 aliphatic carbocycles. The molecule has 2 rings (SSSR count). The predicted molar refractivity (Wildman–Crippen MR) is 95.7 cm³/mol. The molecule has 1 heterocycles. The number of nitro benzene ring substituents is 1. The van der Waals surface area contributed by atoms with E-state index >= 15 is 0 Å². The van der Waals surface area contributed by atoms with E-state index in [9.17, 15) is 29.3 Å². The second kappa shape index (κ2) is 8.67. The highest BCUT2D eigenvalue weighted by molar-refractivity contribution is 5.97. The van der Waals surface area contributed by atoms with Crippen LogP contribution in [0.3, 0.4) is 0 Å². The minimum atomic E-state index is -1.30. The molecule has 1 fully saturated rings. The van der Waals surface area contributed by atoms with Crippen molar-refractivity contribution in [2.75, 3.05) is 0 Å². The first kappa shape index (κ1) is 21.8. The number of carbonyl (C=O) groups excluding carboxylic acids is 3. The number of hydrogen-bond acceptors (Lipinski definition) is 8. The standard InChI is InChI=1S/C18H20N2O9/c1-18(2,15-13(19-16(15)24)7-12(21)8-14(22)23)29-17(25)28-9-10-3-5-11(6-4-10)20(26)27/h3-6,13,15H,7-9H2,1-2H3,(H,19,24)(H,22,23)/t13-,15+/m1/s1. The van der Waals surface area contributed by atoms with E-state index in [0.717, 1.165) is 0 Å². The zero-order valence-electron chi connectivity index (χ0n) is 15.7. The molecular formula is C18H20N2O9. The first-order chi connectivity index (χ1) is 13.5. The normalized spacial score (nSPS) is 18.2. The Kier molecular flexibility index (Phi) is 6.52. The van der Waals surface area contributed by atoms with E-state index < -0.39 is 52.7 Å². The van der Waals surface area contributed by atoms with Crippen LogP contribution in [0.5, 0.6) is 0 Å². The number of Topliss-reactive ketones (excluding diaryl/α,β-unsaturated/α-hetero) is 1. The first-order valence-electron chi connectivity index (χ1n) is 8.62. The van der Waals surface area contributed by atoms with Crippen LogP contribution in [-0.2, 0) is 30.5 Å². The number of nitrogens with one attached hydrogen (secondary N) is 1. The molecular weight excluding hydrogens is 388 g/mol. The van der Waals surface area contributed by atoms with Crippen LogP contribution in [0, 0.1) is 16.0 Å². The van der Waals surface area contributed by atoms with Crippen molar-refractivity contribution in [2.24, 2.45) is 5.92 Å². The Hall–Kier alpha value is -3.50. The third kappa shape index (κ3) is 5.74. The third-order valence-corrected chi connectivity index (χ3v) is 4.41. The Balaban J connectivity index is 1.90. The highest BCUT2D eigenvalue weighted by Crippen LogP contribution is 2.33. The molecule has 2 N–H and O–H groups in total. The fourth-order valence-electron chi connectivity index (χ4n) is 3.06. The van der Waals surface area contributed by atoms with Crippen molar-refractivity contribution in [1.29, 1.82) is 0 Å². The van der Waals surface area contributed by atoms with Gasteiger partial charge >= 0.3 is 12.1 Å². The SMILES string of the molecule is CC(C)(OC(=O)OCc1ccc([N+](=O)[O-])cc1)[C@@H]1C(=O)N[C@@H]1CC(=O)CC(=O)O. The van der Waals surface area contributed by atoms with Crippen molar-refractivity contribution in [1.82, 2.24) is 5.32 Å². The molecule has 1 aromatic carbocycles. The first-order valence-corrected chi connectivity index (χ1v) is 8.62. The topological polar surface area (TPSA) is 162 Å². The van der Waals surface area contributed by atoms with Crippen molar-refractivity contribution in [3.8, 4) is 0 Å². The van der Waals surface area contributed by atoms with Crippen molar-refractivity contribution < 1.29 is 38.7 Å². The number of hydrogen-bond donors (Lipinski definition) is 2. The molecule has 156 valence electrons. The maximum Gasteiger partial charge on any atom is 0.509 e. The molecule has 1 amide bonds. The van der Waals surface area contributed by atoms with Gasteiger partial charge in [-0.3, -0.25) is 24.5 Å². The van der Waals surface area contributed by atoms with E-state index in [0.29, 0.717) is 5.56 Å². The average Bonchev–Trinajstić information content (AvgIpc) is 2.58. The maximum absolute atomic E-state index is 12.0. The van der Waals surface area contributed by atoms with Crippen LogP contribution >= 0.6 is 0 Å². The van der Waals surface area contributed by atoms with Gasteiger partial charge in [-0.2, -0.15) is 0 Å². The summed E-state index contributed by atoms with van der Waals surface area (Å²) < 4.78 is 10.2. The van der Waals surface area contributed by atoms with Gasteiger partial charge in [-0.15, -0.1) is 0 Å². The van der Waals surface area contributed by atoms with Gasteiger partial charge in [0.1, 0.15) is 24.4 Å². The van der Waals surface area contributed by atoms with Gasteiger partial charge in [0, 0.05) is 18.6 Å². The molecule has 0 spiro atoms. The monoisotopic (exact) mass is 408 g/mol. The predicted octanol–water partition coefficient (Wildman–Crippen LogP) is 1.58. The molecule has 1 saturated heterocycles. The molecule has 1 aliphatic heterocycles. The second-order valence-electron chi connectivity index (χ2n) is 7.07. The van der Waals surface area contributed by atoms with Crippen LogP contribution in [0.15, 0.2) is 24.3 Å². The number of benzene rings is 1. The van der Waals surface area contributed by atoms with Crippen molar-refractivity contribution in [3.63, 3.8) is 0 Å². The summed E-state index contributed by atoms with van der Waals surface area (Å²) in [5, 5.41) is 21.8. The Bertz CT molecular complexity index is 832. The second-order valence-corrected chi connectivity index (χ2v) is 7.07. The number of β-lactam (4-membered cyclic amide) rings is 1. The molecule has 11 heteroatoms. The average molecular weight is 408 g/mol. The van der Waals surface area contributed by atoms with E-state index in [1.54, 1.807) is 0 Å². The number of nitro groups is 1. The smallest absolute Gasteiger partial charge is 0.481 e. The number of carboxylic acid groups (broad SMARTS) is 1. The van der Waals surface area contributed by atoms with E-state index in [4.69, 9.17) is 14.6 Å². The van der Waals surface area contributed by atoms with Gasteiger partial charge in [-0.25, -0.2) is 4.79 Å². The van der Waals surface area contributed by atoms with Crippen molar-refractivity contribution in [2.45, 2.75) is 44.9 Å². The molecule has 0 bridgehead atoms. The summed E-state index contributed by atoms with van der Waals surface area (Å²) in [6.45, 7) is 2.78. The Morgan fingerprint density at radius 1 is 1.24 bits per heavy atom. The van der Waals surface area contributed by atoms with Crippen molar-refractivity contribution >= 4 is 29.5 Å². The Labute approximate surface area is 165 Å². The number of rotatable bonds is 9. The van der Waals surface area contributed by atoms with Gasteiger partial charge in [0.25, 0.3) is 5.69 Å². The molecule has 29 heavy (non-hydrogen) atoms. The summed E-state index contributed by atoms with van der Waals surface area (Å²) in [6.07, 6.45) is -1.89. The fourth-order valence-corrected chi connectivity index (χ4v) is 3.06. The van der Waals surface area contributed by atoms with Gasteiger partial charge < -0.3 is 19.9 Å². The highest BCUT2D eigenvalue weighted by atomic mass is 16.7. The van der Waals surface area contributed by atoms with Gasteiger partial charge in [0.05, 0.1) is 16.9 Å². The molecule has 1 aliphatic rings. The van der Waals surface area contributed by atoms with Gasteiger partial charge in [0.15, 0.2) is 0 Å². The van der Waals surface area contributed by atoms with Gasteiger partial charge in [-0.1, -0.05) is 0 Å². The zero-order chi connectivity index (χ0) is 21.8. The lowest BCUT2D eigenvalue weighted by Gasteiger charge is -2.44. The lowest BCUT2D eigenvalue weighted by molar-refractivity contribution is -0.384. The van der Waals surface area contributed by atoms with E-state index in [1.165, 1.54) is 38.1 Å². The summed E-state index contributed by atoms with van der Waals surface area (Å²) in [7, 11) is 0. The largest absolute Gasteiger partial charge is 0.509 e. The summed E-state index contributed by atoms with van der Waals surface area (Å²) in [5.74, 6) is -3.08. The molecule has 0 saturated carbocycles. The van der Waals surface area contributed by atoms with Crippen LogP contribution in [0.2, 0.25) is 0 Å². The number of amides is 1. The minimum absolute atomic E-state index is 0.100. The maximum atomic E-state index is 12.0. The quantitative estimate of drug-likeness (QED) is 0.203. The number of ketones is 1. The van der Waals surface area contributed by atoms with Gasteiger partial charge in [0.2, 0.25) is 5.91 Å². The highest BCUT2D eigenvalue weighted by Gasteiger charge is 2.52. The number of non-ortho nitro benzene ring substituents is 1. The molecule has 1 aromatic rings. The fraction of sp³-hybridized carbons (Fsp3) is 0.444. The van der Waals surface area contributed by atoms with E-state index in [1.807, 2.05) is 0 Å². The lowest BCUT2D eigenvalue weighted by atomic mass is 9.75. The Morgan fingerprint density at radius 2 is 1.86 bits per heavy atom. The van der Waals surface area contributed by atoms with Crippen LogP contribution in [-0.4, -0.2) is 45.5 Å². The lowest BCUT2D eigenvalue weighted by Crippen LogP contribution is -2.66. The zero-order valence-corrected chi connectivity index (χ0v) is 15.7. The number of carbonyl (C=O) groups is 4. The molecule has 0 aromatic heterocycles. The van der Waals surface area contributed by atoms with Gasteiger partial charge in [-0.05, 0) is 31.5 Å². The summed E-state index contributed by atoms with van der Waals surface area (Å²) in [6, 6.07) is 4.75. The number of ether oxygens (including phenoxy) is 2. The number of carboxylic acids is 1. The van der Waals surface area contributed by atoms with Crippen molar-refractivity contribution in [3.05, 3.63) is 39.9 Å². The number of aliphatic carboxylic acids is 1. The molecule has 0 radical (unpaired) electrons.